The molecule has 48 heavy (non-hydrogen) atoms. The maximum Gasteiger partial charge on any atom is 0.319 e. The van der Waals surface area contributed by atoms with Gasteiger partial charge in [-0.05, 0) is 85.5 Å². The van der Waals surface area contributed by atoms with E-state index in [4.69, 9.17) is 19.4 Å². The highest BCUT2D eigenvalue weighted by atomic mass is 19.1. The number of nitrogens with zero attached hydrogens (tertiary/aromatic N) is 5. The zero-order chi connectivity index (χ0) is 32.7. The topological polar surface area (TPSA) is 95.9 Å². The summed E-state index contributed by atoms with van der Waals surface area (Å²) in [4.78, 5) is 18.6. The summed E-state index contributed by atoms with van der Waals surface area (Å²) in [5.74, 6) is -0.148. The normalized spacial score (nSPS) is 26.8. The molecule has 2 N–H and O–H groups in total. The van der Waals surface area contributed by atoms with Gasteiger partial charge in [0.05, 0.1) is 11.6 Å². The first-order valence-corrected chi connectivity index (χ1v) is 17.3. The lowest BCUT2D eigenvalue weighted by atomic mass is 9.93. The fourth-order valence-electron chi connectivity index (χ4n) is 8.52. The van der Waals surface area contributed by atoms with E-state index >= 15 is 8.78 Å². The van der Waals surface area contributed by atoms with Gasteiger partial charge in [0.1, 0.15) is 53.4 Å². The first kappa shape index (κ1) is 30.2. The van der Waals surface area contributed by atoms with Crippen molar-refractivity contribution in [3.8, 4) is 28.9 Å². The van der Waals surface area contributed by atoms with Crippen molar-refractivity contribution in [2.45, 2.75) is 75.7 Å². The lowest BCUT2D eigenvalue weighted by molar-refractivity contribution is 0.107. The van der Waals surface area contributed by atoms with Crippen molar-refractivity contribution in [3.63, 3.8) is 0 Å². The van der Waals surface area contributed by atoms with Gasteiger partial charge < -0.3 is 24.8 Å². The maximum atomic E-state index is 17.2. The van der Waals surface area contributed by atoms with E-state index in [0.717, 1.165) is 38.6 Å². The van der Waals surface area contributed by atoms with Crippen molar-refractivity contribution >= 4 is 27.5 Å². The van der Waals surface area contributed by atoms with E-state index < -0.39 is 17.5 Å². The fourth-order valence-corrected chi connectivity index (χ4v) is 8.52. The molecule has 0 amide bonds. The Kier molecular flexibility index (Phi) is 7.13. The van der Waals surface area contributed by atoms with E-state index in [2.05, 4.69) is 27.0 Å². The van der Waals surface area contributed by atoms with Gasteiger partial charge in [0, 0.05) is 37.7 Å². The lowest BCUT2D eigenvalue weighted by Crippen LogP contribution is -2.58. The van der Waals surface area contributed by atoms with E-state index in [0.29, 0.717) is 65.9 Å². The summed E-state index contributed by atoms with van der Waals surface area (Å²) in [6, 6.07) is 6.12. The molecule has 9 nitrogen and oxygen atoms in total. The molecular formula is C36H39F3N6O3. The molecule has 0 radical (unpaired) electrons. The number of piperazine rings is 1. The van der Waals surface area contributed by atoms with Crippen LogP contribution in [0.1, 0.15) is 51.0 Å². The number of fused-ring (bicyclic) bond motifs is 4. The van der Waals surface area contributed by atoms with Crippen LogP contribution in [-0.4, -0.2) is 88.1 Å². The Hall–Kier alpha value is -3.90. The number of benzene rings is 2. The molecule has 0 bridgehead atoms. The molecule has 1 saturated carbocycles. The fraction of sp³-hybridized carbons (Fsp3) is 0.528. The van der Waals surface area contributed by atoms with Gasteiger partial charge in [0.25, 0.3) is 0 Å². The van der Waals surface area contributed by atoms with Crippen LogP contribution in [0.3, 0.4) is 0 Å². The van der Waals surface area contributed by atoms with Gasteiger partial charge in [0.15, 0.2) is 5.82 Å². The summed E-state index contributed by atoms with van der Waals surface area (Å²) in [6.07, 6.45) is 4.70. The number of phenolic OH excluding ortho intramolecular Hbond substituents is 1. The number of halogens is 3. The molecule has 0 spiro atoms. The maximum absolute atomic E-state index is 17.2. The van der Waals surface area contributed by atoms with Gasteiger partial charge in [-0.15, -0.1) is 0 Å². The molecule has 6 heterocycles. The molecule has 3 saturated heterocycles. The molecule has 4 atom stereocenters. The van der Waals surface area contributed by atoms with E-state index in [9.17, 15) is 9.50 Å². The summed E-state index contributed by atoms with van der Waals surface area (Å²) in [5, 5.41) is 15.8. The molecule has 252 valence electrons. The largest absolute Gasteiger partial charge is 0.508 e. The van der Waals surface area contributed by atoms with Crippen LogP contribution in [0.2, 0.25) is 0 Å². The SMILES string of the molecule is CC[C@@H]1CN2c3nc(OC[C@@]45CCCN4C[C@H](F)C5)nc4c(F)c(-c5cc(O)cc6ccc(F)c(CC7CC7)c56)nc(c34)OC[C@@H]2CN1. The number of hydrogen-bond acceptors (Lipinski definition) is 9. The molecule has 4 aromatic rings. The number of pyridine rings is 1. The lowest BCUT2D eigenvalue weighted by Gasteiger charge is -2.39. The van der Waals surface area contributed by atoms with Crippen LogP contribution in [0.4, 0.5) is 19.0 Å². The molecule has 12 heteroatoms. The molecule has 2 aromatic heterocycles. The Morgan fingerprint density at radius 2 is 2.00 bits per heavy atom. The van der Waals surface area contributed by atoms with Crippen molar-refractivity contribution in [2.24, 2.45) is 5.92 Å². The minimum atomic E-state index is -0.916. The highest BCUT2D eigenvalue weighted by Crippen LogP contribution is 2.46. The highest BCUT2D eigenvalue weighted by molar-refractivity contribution is 6.03. The van der Waals surface area contributed by atoms with Crippen molar-refractivity contribution in [1.82, 2.24) is 25.2 Å². The van der Waals surface area contributed by atoms with Crippen LogP contribution in [0, 0.1) is 17.6 Å². The zero-order valence-corrected chi connectivity index (χ0v) is 26.9. The third-order valence-electron chi connectivity index (χ3n) is 11.2. The average Bonchev–Trinajstić information content (AvgIpc) is 3.77. The van der Waals surface area contributed by atoms with Crippen molar-refractivity contribution in [2.75, 3.05) is 44.3 Å². The van der Waals surface area contributed by atoms with Crippen LogP contribution < -0.4 is 19.7 Å². The Morgan fingerprint density at radius 3 is 2.83 bits per heavy atom. The molecule has 5 aliphatic rings. The number of nitrogens with one attached hydrogen (secondary N) is 1. The van der Waals surface area contributed by atoms with Crippen LogP contribution in [0.25, 0.3) is 32.9 Å². The number of aromatic hydroxyl groups is 1. The molecule has 4 aliphatic heterocycles. The Morgan fingerprint density at radius 1 is 1.12 bits per heavy atom. The Labute approximate surface area is 276 Å². The minimum Gasteiger partial charge on any atom is -0.508 e. The van der Waals surface area contributed by atoms with Crippen LogP contribution in [-0.2, 0) is 6.42 Å². The predicted octanol–water partition coefficient (Wildman–Crippen LogP) is 5.69. The predicted molar refractivity (Wildman–Crippen MR) is 176 cm³/mol. The zero-order valence-electron chi connectivity index (χ0n) is 26.9. The van der Waals surface area contributed by atoms with Crippen LogP contribution in [0.5, 0.6) is 17.6 Å². The quantitative estimate of drug-likeness (QED) is 0.260. The summed E-state index contributed by atoms with van der Waals surface area (Å²) in [6.45, 7) is 5.07. The van der Waals surface area contributed by atoms with Gasteiger partial charge in [-0.2, -0.15) is 9.97 Å². The Balaban J connectivity index is 1.23. The van der Waals surface area contributed by atoms with E-state index in [-0.39, 0.29) is 65.5 Å². The number of aromatic nitrogens is 3. The standard InChI is InChI=1S/C36H39F3N6O3/c1-2-22-16-45-23(14-40-22)17-47-34-29-32(42-35(43-33(29)45)48-18-36-8-3-9-44(36)15-21(37)13-36)30(39)31(41-34)26-12-24(46)11-20-6-7-27(38)25(28(20)26)10-19-4-5-19/h6-7,11-12,19,21-23,40,46H,2-5,8-10,13-18H2,1H3/t21-,22-,23+,36+/m1/s1. The van der Waals surface area contributed by atoms with Gasteiger partial charge in [-0.1, -0.05) is 13.0 Å². The number of rotatable bonds is 7. The number of phenols is 1. The summed E-state index contributed by atoms with van der Waals surface area (Å²) in [5.41, 5.74) is 0.224. The number of alkyl halides is 1. The number of ether oxygens (including phenoxy) is 2. The highest BCUT2D eigenvalue weighted by Gasteiger charge is 2.49. The first-order chi connectivity index (χ1) is 23.3. The first-order valence-electron chi connectivity index (χ1n) is 17.3. The molecule has 9 rings (SSSR count). The summed E-state index contributed by atoms with van der Waals surface area (Å²) < 4.78 is 59.9. The smallest absolute Gasteiger partial charge is 0.319 e. The number of hydrogen-bond donors (Lipinski definition) is 2. The van der Waals surface area contributed by atoms with E-state index in [1.807, 2.05) is 0 Å². The van der Waals surface area contributed by atoms with Crippen molar-refractivity contribution in [3.05, 3.63) is 41.5 Å². The number of anilines is 1. The van der Waals surface area contributed by atoms with E-state index in [1.54, 1.807) is 12.1 Å². The molecule has 1 aliphatic carbocycles. The minimum absolute atomic E-state index is 0.0106. The summed E-state index contributed by atoms with van der Waals surface area (Å²) >= 11 is 0. The molecule has 4 fully saturated rings. The second-order valence-electron chi connectivity index (χ2n) is 14.4. The van der Waals surface area contributed by atoms with Gasteiger partial charge >= 0.3 is 6.01 Å². The molecule has 2 aromatic carbocycles. The molecule has 0 unspecified atom stereocenters. The second kappa shape index (κ2) is 11.3. The van der Waals surface area contributed by atoms with Crippen LogP contribution >= 0.6 is 0 Å². The third kappa shape index (κ3) is 4.93. The van der Waals surface area contributed by atoms with Gasteiger partial charge in [-0.25, -0.2) is 18.2 Å². The van der Waals surface area contributed by atoms with Gasteiger partial charge in [0.2, 0.25) is 5.88 Å². The van der Waals surface area contributed by atoms with Crippen LogP contribution in [0.15, 0.2) is 24.3 Å². The van der Waals surface area contributed by atoms with Crippen molar-refractivity contribution in [1.29, 1.82) is 0 Å². The van der Waals surface area contributed by atoms with Gasteiger partial charge in [-0.3, -0.25) is 4.90 Å². The monoisotopic (exact) mass is 660 g/mol. The second-order valence-corrected chi connectivity index (χ2v) is 14.4. The van der Waals surface area contributed by atoms with Crippen molar-refractivity contribution < 1.29 is 27.8 Å². The average molecular weight is 661 g/mol. The Bertz CT molecular complexity index is 1940. The van der Waals surface area contributed by atoms with E-state index in [1.165, 1.54) is 12.1 Å². The summed E-state index contributed by atoms with van der Waals surface area (Å²) in [7, 11) is 0. The molecular weight excluding hydrogens is 621 g/mol. The third-order valence-corrected chi connectivity index (χ3v) is 11.2.